The highest BCUT2D eigenvalue weighted by atomic mass is 16.6. The smallest absolute Gasteiger partial charge is 0.313 e. The number of hydrogen-bond acceptors (Lipinski definition) is 3. The van der Waals surface area contributed by atoms with Crippen LogP contribution in [0.3, 0.4) is 0 Å². The van der Waals surface area contributed by atoms with Crippen LogP contribution < -0.4 is 0 Å². The molecule has 0 amide bonds. The molecule has 0 radical (unpaired) electrons. The molecule has 0 atom stereocenters. The van der Waals surface area contributed by atoms with Gasteiger partial charge in [-0.15, -0.1) is 0 Å². The predicted molar refractivity (Wildman–Crippen MR) is 70.3 cm³/mol. The number of ether oxygens (including phenoxy) is 1. The molecule has 0 aromatic heterocycles. The molecule has 0 fully saturated rings. The summed E-state index contributed by atoms with van der Waals surface area (Å²) in [4.78, 5) is 23.2. The minimum atomic E-state index is -0.955. The summed E-state index contributed by atoms with van der Waals surface area (Å²) in [7, 11) is 0. The molecule has 0 heterocycles. The summed E-state index contributed by atoms with van der Waals surface area (Å²) in [6.45, 7) is 9.43. The fourth-order valence-corrected chi connectivity index (χ4v) is 2.16. The van der Waals surface area contributed by atoms with Crippen molar-refractivity contribution in [1.82, 2.24) is 0 Å². The summed E-state index contributed by atoms with van der Waals surface area (Å²) in [5.74, 6) is -1.34. The summed E-state index contributed by atoms with van der Waals surface area (Å²) in [5.41, 5.74) is -1.42. The Morgan fingerprint density at radius 3 is 1.94 bits per heavy atom. The fourth-order valence-electron chi connectivity index (χ4n) is 2.16. The molecule has 4 heteroatoms. The maximum absolute atomic E-state index is 12.3. The van der Waals surface area contributed by atoms with Crippen LogP contribution in [0.15, 0.2) is 0 Å². The first-order valence-electron chi connectivity index (χ1n) is 6.68. The molecule has 4 nitrogen and oxygen atoms in total. The van der Waals surface area contributed by atoms with Gasteiger partial charge in [0.1, 0.15) is 5.60 Å². The molecule has 1 N–H and O–H groups in total. The number of carbonyl (C=O) groups is 2. The van der Waals surface area contributed by atoms with Crippen LogP contribution in [-0.4, -0.2) is 22.6 Å². The van der Waals surface area contributed by atoms with E-state index in [1.165, 1.54) is 0 Å². The minimum absolute atomic E-state index is 0.166. The SMILES string of the molecule is CCCC(C)(C)OC(=O)C(CC)(CC)CC(=O)O. The Hall–Kier alpha value is -1.06. The van der Waals surface area contributed by atoms with E-state index in [9.17, 15) is 9.59 Å². The second-order valence-electron chi connectivity index (χ2n) is 5.46. The van der Waals surface area contributed by atoms with E-state index in [4.69, 9.17) is 9.84 Å². The third-order valence-electron chi connectivity index (χ3n) is 3.50. The summed E-state index contributed by atoms with van der Waals surface area (Å²) in [6, 6.07) is 0. The minimum Gasteiger partial charge on any atom is -0.481 e. The van der Waals surface area contributed by atoms with Gasteiger partial charge in [0.15, 0.2) is 0 Å². The van der Waals surface area contributed by atoms with Gasteiger partial charge in [-0.25, -0.2) is 0 Å². The zero-order valence-electron chi connectivity index (χ0n) is 12.2. The molecule has 0 aliphatic rings. The van der Waals surface area contributed by atoms with Crippen molar-refractivity contribution in [3.63, 3.8) is 0 Å². The number of esters is 1. The zero-order chi connectivity index (χ0) is 14.4. The first-order chi connectivity index (χ1) is 8.23. The molecule has 0 saturated carbocycles. The molecule has 0 aromatic carbocycles. The lowest BCUT2D eigenvalue weighted by atomic mass is 9.79. The van der Waals surface area contributed by atoms with Crippen molar-refractivity contribution in [1.29, 1.82) is 0 Å². The van der Waals surface area contributed by atoms with E-state index >= 15 is 0 Å². The van der Waals surface area contributed by atoms with E-state index in [1.807, 2.05) is 34.6 Å². The van der Waals surface area contributed by atoms with Crippen LogP contribution in [0.4, 0.5) is 0 Å². The topological polar surface area (TPSA) is 63.6 Å². The Morgan fingerprint density at radius 2 is 1.61 bits per heavy atom. The molecule has 0 saturated heterocycles. The van der Waals surface area contributed by atoms with E-state index in [0.717, 1.165) is 12.8 Å². The Morgan fingerprint density at radius 1 is 1.11 bits per heavy atom. The lowest BCUT2D eigenvalue weighted by Gasteiger charge is -2.33. The van der Waals surface area contributed by atoms with Crippen LogP contribution in [0.1, 0.15) is 66.7 Å². The van der Waals surface area contributed by atoms with Gasteiger partial charge >= 0.3 is 11.9 Å². The van der Waals surface area contributed by atoms with Gasteiger partial charge in [0.05, 0.1) is 11.8 Å². The van der Waals surface area contributed by atoms with Gasteiger partial charge in [-0.1, -0.05) is 27.2 Å². The molecule has 106 valence electrons. The Bertz CT molecular complexity index is 290. The first kappa shape index (κ1) is 16.9. The lowest BCUT2D eigenvalue weighted by Crippen LogP contribution is -2.39. The number of carbonyl (C=O) groups excluding carboxylic acids is 1. The van der Waals surface area contributed by atoms with Gasteiger partial charge in [0, 0.05) is 0 Å². The maximum Gasteiger partial charge on any atom is 0.313 e. The number of aliphatic carboxylic acids is 1. The average molecular weight is 258 g/mol. The van der Waals surface area contributed by atoms with Crippen molar-refractivity contribution >= 4 is 11.9 Å². The van der Waals surface area contributed by atoms with Gasteiger partial charge < -0.3 is 9.84 Å². The second kappa shape index (κ2) is 6.76. The van der Waals surface area contributed by atoms with E-state index < -0.39 is 17.0 Å². The van der Waals surface area contributed by atoms with Gasteiger partial charge in [0.2, 0.25) is 0 Å². The summed E-state index contributed by atoms with van der Waals surface area (Å²) in [5, 5.41) is 8.95. The Labute approximate surface area is 110 Å². The van der Waals surface area contributed by atoms with Crippen molar-refractivity contribution in [3.05, 3.63) is 0 Å². The van der Waals surface area contributed by atoms with E-state index in [0.29, 0.717) is 12.8 Å². The monoisotopic (exact) mass is 258 g/mol. The van der Waals surface area contributed by atoms with Gasteiger partial charge in [0.25, 0.3) is 0 Å². The summed E-state index contributed by atoms with van der Waals surface area (Å²) < 4.78 is 5.52. The predicted octanol–water partition coefficient (Wildman–Crippen LogP) is 3.39. The van der Waals surface area contributed by atoms with Crippen molar-refractivity contribution in [2.75, 3.05) is 0 Å². The molecule has 0 bridgehead atoms. The molecule has 0 aliphatic heterocycles. The quantitative estimate of drug-likeness (QED) is 0.678. The van der Waals surface area contributed by atoms with E-state index in [-0.39, 0.29) is 12.4 Å². The molecular formula is C14H26O4. The van der Waals surface area contributed by atoms with Crippen LogP contribution >= 0.6 is 0 Å². The second-order valence-corrected chi connectivity index (χ2v) is 5.46. The zero-order valence-corrected chi connectivity index (χ0v) is 12.2. The van der Waals surface area contributed by atoms with Crippen molar-refractivity contribution in [2.24, 2.45) is 5.41 Å². The number of rotatable bonds is 8. The van der Waals surface area contributed by atoms with Gasteiger partial charge in [-0.2, -0.15) is 0 Å². The number of hydrogen-bond donors (Lipinski definition) is 1. The summed E-state index contributed by atoms with van der Waals surface area (Å²) >= 11 is 0. The first-order valence-corrected chi connectivity index (χ1v) is 6.68. The lowest BCUT2D eigenvalue weighted by molar-refractivity contribution is -0.174. The molecular weight excluding hydrogens is 232 g/mol. The van der Waals surface area contributed by atoms with Crippen molar-refractivity contribution in [2.45, 2.75) is 72.3 Å². The fraction of sp³-hybridized carbons (Fsp3) is 0.857. The standard InChI is InChI=1S/C14H26O4/c1-6-9-13(4,5)18-12(17)14(7-2,8-3)10-11(15)16/h6-10H2,1-5H3,(H,15,16). The van der Waals surface area contributed by atoms with Gasteiger partial charge in [-0.3, -0.25) is 9.59 Å². The average Bonchev–Trinajstić information content (AvgIpc) is 2.24. The van der Waals surface area contributed by atoms with Crippen molar-refractivity contribution in [3.8, 4) is 0 Å². The highest BCUT2D eigenvalue weighted by Gasteiger charge is 2.41. The van der Waals surface area contributed by atoms with E-state index in [2.05, 4.69) is 0 Å². The Kier molecular flexibility index (Phi) is 6.36. The normalized spacial score (nSPS) is 12.3. The molecule has 0 aromatic rings. The van der Waals surface area contributed by atoms with Crippen LogP contribution in [0.25, 0.3) is 0 Å². The molecule has 0 rings (SSSR count). The van der Waals surface area contributed by atoms with Crippen molar-refractivity contribution < 1.29 is 19.4 Å². The summed E-state index contributed by atoms with van der Waals surface area (Å²) in [6.07, 6.45) is 2.49. The highest BCUT2D eigenvalue weighted by Crippen LogP contribution is 2.34. The molecule has 0 unspecified atom stereocenters. The largest absolute Gasteiger partial charge is 0.481 e. The van der Waals surface area contributed by atoms with Crippen LogP contribution in [0.5, 0.6) is 0 Å². The third-order valence-corrected chi connectivity index (χ3v) is 3.50. The molecule has 0 aliphatic carbocycles. The van der Waals surface area contributed by atoms with Crippen LogP contribution in [0, 0.1) is 5.41 Å². The third kappa shape index (κ3) is 4.67. The van der Waals surface area contributed by atoms with Crippen LogP contribution in [-0.2, 0) is 14.3 Å². The maximum atomic E-state index is 12.3. The highest BCUT2D eigenvalue weighted by molar-refractivity contribution is 5.83. The van der Waals surface area contributed by atoms with Gasteiger partial charge in [-0.05, 0) is 33.1 Å². The van der Waals surface area contributed by atoms with Crippen LogP contribution in [0.2, 0.25) is 0 Å². The number of carboxylic acids is 1. The number of carboxylic acid groups (broad SMARTS) is 1. The Balaban J connectivity index is 4.92. The molecule has 18 heavy (non-hydrogen) atoms. The van der Waals surface area contributed by atoms with E-state index in [1.54, 1.807) is 0 Å². The molecule has 0 spiro atoms.